The molecular formula is C16H17NO3. The van der Waals surface area contributed by atoms with E-state index in [4.69, 9.17) is 14.7 Å². The van der Waals surface area contributed by atoms with Gasteiger partial charge in [0.2, 0.25) is 0 Å². The van der Waals surface area contributed by atoms with Gasteiger partial charge in [0.1, 0.15) is 24.7 Å². The molecule has 0 bridgehead atoms. The first-order valence-electron chi connectivity index (χ1n) is 6.38. The summed E-state index contributed by atoms with van der Waals surface area (Å²) in [6.45, 7) is 2.98. The fourth-order valence-electron chi connectivity index (χ4n) is 1.75. The van der Waals surface area contributed by atoms with Gasteiger partial charge in [-0.05, 0) is 48.4 Å². The monoisotopic (exact) mass is 271 g/mol. The molecule has 0 saturated heterocycles. The van der Waals surface area contributed by atoms with E-state index in [9.17, 15) is 0 Å². The fourth-order valence-corrected chi connectivity index (χ4v) is 1.75. The quantitative estimate of drug-likeness (QED) is 0.380. The topological polar surface area (TPSA) is 51.0 Å². The Morgan fingerprint density at radius 1 is 1.00 bits per heavy atom. The van der Waals surface area contributed by atoms with Crippen molar-refractivity contribution < 1.29 is 14.7 Å². The van der Waals surface area contributed by atoms with Crippen molar-refractivity contribution in [2.75, 3.05) is 13.2 Å². The van der Waals surface area contributed by atoms with E-state index in [1.54, 1.807) is 0 Å². The molecular weight excluding hydrogens is 254 g/mol. The Bertz CT molecular complexity index is 564. The lowest BCUT2D eigenvalue weighted by Crippen LogP contribution is -2.09. The number of ether oxygens (including phenoxy) is 2. The van der Waals surface area contributed by atoms with E-state index in [0.717, 1.165) is 22.6 Å². The van der Waals surface area contributed by atoms with E-state index in [-0.39, 0.29) is 0 Å². The van der Waals surface area contributed by atoms with E-state index >= 15 is 0 Å². The maximum atomic E-state index is 8.41. The molecule has 0 fully saturated rings. The van der Waals surface area contributed by atoms with Gasteiger partial charge in [-0.15, -0.1) is 0 Å². The molecule has 0 saturated carbocycles. The Balaban J connectivity index is 1.77. The van der Waals surface area contributed by atoms with Crippen LogP contribution < -0.4 is 9.47 Å². The number of para-hydroxylation sites is 1. The van der Waals surface area contributed by atoms with Crippen molar-refractivity contribution in [1.82, 2.24) is 0 Å². The Morgan fingerprint density at radius 3 is 2.40 bits per heavy atom. The van der Waals surface area contributed by atoms with Crippen LogP contribution in [0.15, 0.2) is 53.7 Å². The van der Waals surface area contributed by atoms with Crippen molar-refractivity contribution in [3.8, 4) is 11.5 Å². The Kier molecular flexibility index (Phi) is 5.00. The molecule has 4 nitrogen and oxygen atoms in total. The van der Waals surface area contributed by atoms with Gasteiger partial charge in [0.25, 0.3) is 0 Å². The fraction of sp³-hybridized carbons (Fsp3) is 0.188. The summed E-state index contributed by atoms with van der Waals surface area (Å²) in [5, 5.41) is 11.4. The first-order chi connectivity index (χ1) is 9.79. The van der Waals surface area contributed by atoms with Gasteiger partial charge < -0.3 is 14.7 Å². The first-order valence-corrected chi connectivity index (χ1v) is 6.38. The summed E-state index contributed by atoms with van der Waals surface area (Å²) < 4.78 is 11.2. The summed E-state index contributed by atoms with van der Waals surface area (Å²) in [5.74, 6) is 1.64. The second-order valence-electron chi connectivity index (χ2n) is 4.28. The second-order valence-corrected chi connectivity index (χ2v) is 4.28. The van der Waals surface area contributed by atoms with Crippen molar-refractivity contribution in [3.63, 3.8) is 0 Å². The molecule has 0 aliphatic carbocycles. The molecule has 0 unspecified atom stereocenters. The van der Waals surface area contributed by atoms with Crippen LogP contribution in [-0.4, -0.2) is 24.6 Å². The predicted molar refractivity (Wildman–Crippen MR) is 78.0 cm³/mol. The van der Waals surface area contributed by atoms with Crippen molar-refractivity contribution >= 4 is 6.21 Å². The average Bonchev–Trinajstić information content (AvgIpc) is 2.47. The summed E-state index contributed by atoms with van der Waals surface area (Å²) in [7, 11) is 0. The van der Waals surface area contributed by atoms with Crippen LogP contribution in [0.3, 0.4) is 0 Å². The number of hydrogen-bond acceptors (Lipinski definition) is 4. The predicted octanol–water partition coefficient (Wildman–Crippen LogP) is 3.26. The molecule has 0 spiro atoms. The zero-order valence-corrected chi connectivity index (χ0v) is 11.3. The van der Waals surface area contributed by atoms with Crippen LogP contribution in [0.5, 0.6) is 11.5 Å². The van der Waals surface area contributed by atoms with Crippen LogP contribution in [0.25, 0.3) is 0 Å². The number of hydrogen-bond donors (Lipinski definition) is 1. The van der Waals surface area contributed by atoms with E-state index < -0.39 is 0 Å². The number of oxime groups is 1. The molecule has 2 aromatic rings. The molecule has 1 N–H and O–H groups in total. The molecule has 0 amide bonds. The summed E-state index contributed by atoms with van der Waals surface area (Å²) in [6, 6.07) is 15.2. The lowest BCUT2D eigenvalue weighted by atomic mass is 10.2. The Hall–Kier alpha value is -2.49. The van der Waals surface area contributed by atoms with Gasteiger partial charge in [0.05, 0.1) is 6.21 Å². The number of aryl methyl sites for hydroxylation is 1. The molecule has 2 aromatic carbocycles. The molecule has 0 aliphatic heterocycles. The highest BCUT2D eigenvalue weighted by atomic mass is 16.5. The highest BCUT2D eigenvalue weighted by molar-refractivity contribution is 5.79. The third kappa shape index (κ3) is 4.02. The lowest BCUT2D eigenvalue weighted by Gasteiger charge is -2.10. The van der Waals surface area contributed by atoms with Crippen molar-refractivity contribution in [1.29, 1.82) is 0 Å². The highest BCUT2D eigenvalue weighted by Gasteiger charge is 1.98. The van der Waals surface area contributed by atoms with Crippen LogP contribution in [0.4, 0.5) is 0 Å². The number of benzene rings is 2. The van der Waals surface area contributed by atoms with E-state index in [0.29, 0.717) is 13.2 Å². The summed E-state index contributed by atoms with van der Waals surface area (Å²) in [4.78, 5) is 0. The van der Waals surface area contributed by atoms with Crippen molar-refractivity contribution in [2.45, 2.75) is 6.92 Å². The van der Waals surface area contributed by atoms with Gasteiger partial charge in [-0.1, -0.05) is 23.4 Å². The average molecular weight is 271 g/mol. The van der Waals surface area contributed by atoms with E-state index in [1.165, 1.54) is 6.21 Å². The molecule has 0 radical (unpaired) electrons. The van der Waals surface area contributed by atoms with Crippen LogP contribution >= 0.6 is 0 Å². The second kappa shape index (κ2) is 7.19. The van der Waals surface area contributed by atoms with Gasteiger partial charge >= 0.3 is 0 Å². The molecule has 0 aliphatic rings. The standard InChI is InChI=1S/C16H17NO3/c1-13-4-2-3-5-16(13)20-11-10-19-15-8-6-14(7-9-15)12-17-18/h2-9,12,18H,10-11H2,1H3. The highest BCUT2D eigenvalue weighted by Crippen LogP contribution is 2.16. The first kappa shape index (κ1) is 13.9. The molecule has 4 heteroatoms. The molecule has 0 heterocycles. The van der Waals surface area contributed by atoms with E-state index in [2.05, 4.69) is 5.16 Å². The maximum absolute atomic E-state index is 8.41. The van der Waals surface area contributed by atoms with Crippen molar-refractivity contribution in [3.05, 3.63) is 59.7 Å². The summed E-state index contributed by atoms with van der Waals surface area (Å²) >= 11 is 0. The van der Waals surface area contributed by atoms with Crippen LogP contribution in [0, 0.1) is 6.92 Å². The lowest BCUT2D eigenvalue weighted by molar-refractivity contribution is 0.216. The van der Waals surface area contributed by atoms with Gasteiger partial charge in [0, 0.05) is 0 Å². The molecule has 0 atom stereocenters. The number of rotatable bonds is 6. The third-order valence-corrected chi connectivity index (χ3v) is 2.79. The minimum Gasteiger partial charge on any atom is -0.490 e. The SMILES string of the molecule is Cc1ccccc1OCCOc1ccc(C=NO)cc1. The Labute approximate surface area is 118 Å². The minimum atomic E-state index is 0.474. The number of nitrogens with zero attached hydrogens (tertiary/aromatic N) is 1. The normalized spacial score (nSPS) is 10.7. The van der Waals surface area contributed by atoms with Crippen molar-refractivity contribution in [2.24, 2.45) is 5.16 Å². The largest absolute Gasteiger partial charge is 0.490 e. The van der Waals surface area contributed by atoms with Crippen LogP contribution in [0.1, 0.15) is 11.1 Å². The maximum Gasteiger partial charge on any atom is 0.122 e. The molecule has 104 valence electrons. The van der Waals surface area contributed by atoms with Gasteiger partial charge in [-0.2, -0.15) is 0 Å². The molecule has 0 aromatic heterocycles. The van der Waals surface area contributed by atoms with E-state index in [1.807, 2.05) is 55.5 Å². The zero-order chi connectivity index (χ0) is 14.2. The minimum absolute atomic E-state index is 0.474. The van der Waals surface area contributed by atoms with Gasteiger partial charge in [-0.3, -0.25) is 0 Å². The molecule has 20 heavy (non-hydrogen) atoms. The molecule has 2 rings (SSSR count). The smallest absolute Gasteiger partial charge is 0.122 e. The summed E-state index contributed by atoms with van der Waals surface area (Å²) in [5.41, 5.74) is 1.93. The van der Waals surface area contributed by atoms with Gasteiger partial charge in [-0.25, -0.2) is 0 Å². The van der Waals surface area contributed by atoms with Crippen LogP contribution in [-0.2, 0) is 0 Å². The summed E-state index contributed by atoms with van der Waals surface area (Å²) in [6.07, 6.45) is 1.37. The van der Waals surface area contributed by atoms with Gasteiger partial charge in [0.15, 0.2) is 0 Å². The Morgan fingerprint density at radius 2 is 1.70 bits per heavy atom. The third-order valence-electron chi connectivity index (χ3n) is 2.79. The van der Waals surface area contributed by atoms with Crippen LogP contribution in [0.2, 0.25) is 0 Å². The zero-order valence-electron chi connectivity index (χ0n) is 11.3.